The summed E-state index contributed by atoms with van der Waals surface area (Å²) in [6.45, 7) is 1.94. The van der Waals surface area contributed by atoms with Crippen molar-refractivity contribution in [2.75, 3.05) is 17.3 Å². The van der Waals surface area contributed by atoms with E-state index < -0.39 is 11.2 Å². The van der Waals surface area contributed by atoms with Crippen LogP contribution in [0.1, 0.15) is 11.1 Å². The molecule has 1 saturated heterocycles. The Morgan fingerprint density at radius 3 is 2.31 bits per heavy atom. The normalized spacial score (nSPS) is 16.5. The average molecular weight is 538 g/mol. The van der Waals surface area contributed by atoms with Crippen molar-refractivity contribution < 1.29 is 14.3 Å². The number of aryl methyl sites for hydroxylation is 1. The summed E-state index contributed by atoms with van der Waals surface area (Å²) >= 11 is 13.5. The number of hydrogen-bond acceptors (Lipinski definition) is 5. The fraction of sp³-hybridized carbons (Fsp3) is 0.148. The number of anilines is 2. The fourth-order valence-electron chi connectivity index (χ4n) is 3.73. The van der Waals surface area contributed by atoms with E-state index >= 15 is 0 Å². The molecule has 4 rings (SSSR count). The number of halogens is 2. The summed E-state index contributed by atoms with van der Waals surface area (Å²) in [5.41, 5.74) is 2.73. The van der Waals surface area contributed by atoms with E-state index in [2.05, 4.69) is 5.32 Å². The van der Waals surface area contributed by atoms with Gasteiger partial charge >= 0.3 is 0 Å². The van der Waals surface area contributed by atoms with Crippen LogP contribution in [-0.4, -0.2) is 24.2 Å². The molecule has 0 spiro atoms. The Morgan fingerprint density at radius 1 is 1.08 bits per heavy atom. The zero-order valence-corrected chi connectivity index (χ0v) is 21.7. The second kappa shape index (κ2) is 11.1. The molecule has 0 bridgehead atoms. The highest BCUT2D eigenvalue weighted by Gasteiger charge is 2.41. The lowest BCUT2D eigenvalue weighted by molar-refractivity contribution is -0.117. The van der Waals surface area contributed by atoms with Crippen LogP contribution in [0.25, 0.3) is 0 Å². The van der Waals surface area contributed by atoms with E-state index in [4.69, 9.17) is 27.9 Å². The molecule has 6 nitrogen and oxygen atoms in total. The van der Waals surface area contributed by atoms with E-state index in [0.717, 1.165) is 11.1 Å². The van der Waals surface area contributed by atoms with Gasteiger partial charge in [0, 0.05) is 21.4 Å². The minimum absolute atomic E-state index is 0.156. The lowest BCUT2D eigenvalue weighted by Gasteiger charge is -2.19. The maximum absolute atomic E-state index is 13.6. The van der Waals surface area contributed by atoms with Gasteiger partial charge in [0.25, 0.3) is 5.91 Å². The third-order valence-electron chi connectivity index (χ3n) is 5.49. The monoisotopic (exact) mass is 537 g/mol. The maximum atomic E-state index is 13.6. The predicted octanol–water partition coefficient (Wildman–Crippen LogP) is 6.38. The highest BCUT2D eigenvalue weighted by molar-refractivity contribution is 8.05. The Bertz CT molecular complexity index is 1360. The third-order valence-corrected chi connectivity index (χ3v) is 7.19. The van der Waals surface area contributed by atoms with Gasteiger partial charge in [0.1, 0.15) is 22.4 Å². The largest absolute Gasteiger partial charge is 0.497 e. The Kier molecular flexibility index (Phi) is 7.90. The summed E-state index contributed by atoms with van der Waals surface area (Å²) < 4.78 is 5.23. The highest BCUT2D eigenvalue weighted by Crippen LogP contribution is 2.42. The zero-order chi connectivity index (χ0) is 25.8. The van der Waals surface area contributed by atoms with Crippen LogP contribution in [0.15, 0.2) is 77.3 Å². The molecule has 9 heteroatoms. The number of nitrogens with zero attached hydrogens (tertiary/aromatic N) is 2. The van der Waals surface area contributed by atoms with Crippen molar-refractivity contribution in [1.29, 1.82) is 5.26 Å². The van der Waals surface area contributed by atoms with Gasteiger partial charge in [-0.3, -0.25) is 14.5 Å². The van der Waals surface area contributed by atoms with Crippen molar-refractivity contribution >= 4 is 58.2 Å². The van der Waals surface area contributed by atoms with E-state index in [1.54, 1.807) is 61.7 Å². The quantitative estimate of drug-likeness (QED) is 0.291. The summed E-state index contributed by atoms with van der Waals surface area (Å²) in [5.74, 6) is -0.236. The number of rotatable bonds is 6. The van der Waals surface area contributed by atoms with Gasteiger partial charge in [-0.05, 0) is 73.5 Å². The van der Waals surface area contributed by atoms with Gasteiger partial charge in [-0.1, -0.05) is 52.7 Å². The molecule has 1 heterocycles. The molecule has 3 aromatic carbocycles. The molecule has 1 unspecified atom stereocenters. The molecule has 0 aromatic heterocycles. The minimum atomic E-state index is -0.596. The molecule has 1 aliphatic rings. The Balaban J connectivity index is 1.73. The lowest BCUT2D eigenvalue weighted by atomic mass is 10.1. The smallest absolute Gasteiger partial charge is 0.269 e. The van der Waals surface area contributed by atoms with Crippen molar-refractivity contribution in [3.05, 3.63) is 98.5 Å². The molecule has 1 aliphatic heterocycles. The lowest BCUT2D eigenvalue weighted by Crippen LogP contribution is -2.30. The molecule has 0 aliphatic carbocycles. The molecular weight excluding hydrogens is 517 g/mol. The second-order valence-corrected chi connectivity index (χ2v) is 10.1. The van der Waals surface area contributed by atoms with E-state index in [0.29, 0.717) is 33.6 Å². The first-order valence-electron chi connectivity index (χ1n) is 10.9. The fourth-order valence-corrected chi connectivity index (χ4v) is 5.61. The van der Waals surface area contributed by atoms with Crippen molar-refractivity contribution in [3.8, 4) is 11.8 Å². The number of nitriles is 1. The number of ether oxygens (including phenoxy) is 1. The first kappa shape index (κ1) is 25.6. The summed E-state index contributed by atoms with van der Waals surface area (Å²) in [4.78, 5) is 28.2. The van der Waals surface area contributed by atoms with E-state index in [1.165, 1.54) is 16.7 Å². The third kappa shape index (κ3) is 5.68. The number of nitrogens with one attached hydrogen (secondary N) is 1. The molecule has 1 atom stereocenters. The van der Waals surface area contributed by atoms with Crippen molar-refractivity contribution in [3.63, 3.8) is 0 Å². The van der Waals surface area contributed by atoms with Crippen LogP contribution in [0.3, 0.4) is 0 Å². The van der Waals surface area contributed by atoms with Gasteiger partial charge in [0.15, 0.2) is 0 Å². The molecule has 36 heavy (non-hydrogen) atoms. The van der Waals surface area contributed by atoms with Crippen molar-refractivity contribution in [2.45, 2.75) is 18.6 Å². The molecule has 182 valence electrons. The summed E-state index contributed by atoms with van der Waals surface area (Å²) in [7, 11) is 1.55. The average Bonchev–Trinajstić information content (AvgIpc) is 3.15. The number of hydrogen-bond donors (Lipinski definition) is 1. The zero-order valence-electron chi connectivity index (χ0n) is 19.4. The van der Waals surface area contributed by atoms with Gasteiger partial charge in [0.05, 0.1) is 12.4 Å². The van der Waals surface area contributed by atoms with Crippen LogP contribution in [0, 0.1) is 18.3 Å². The van der Waals surface area contributed by atoms with E-state index in [-0.39, 0.29) is 16.5 Å². The molecule has 0 saturated carbocycles. The Morgan fingerprint density at radius 2 is 1.72 bits per heavy atom. The predicted molar refractivity (Wildman–Crippen MR) is 144 cm³/mol. The second-order valence-electron chi connectivity index (χ2n) is 8.07. The topological polar surface area (TPSA) is 82.4 Å². The first-order valence-corrected chi connectivity index (χ1v) is 12.5. The molecule has 2 amide bonds. The Labute approximate surface area is 223 Å². The maximum Gasteiger partial charge on any atom is 0.269 e. The van der Waals surface area contributed by atoms with Crippen molar-refractivity contribution in [1.82, 2.24) is 0 Å². The molecule has 1 N–H and O–H groups in total. The first-order chi connectivity index (χ1) is 17.3. The van der Waals surface area contributed by atoms with E-state index in [1.807, 2.05) is 25.1 Å². The molecule has 3 aromatic rings. The standard InChI is InChI=1S/C27H21Cl2N3O3S/c1-16-3-5-20(6-4-16)31-25(33)23(15-30)27-32(21-7-9-22(35-2)10-8-21)26(34)24(36-27)13-17-11-18(28)14-19(29)12-17/h3-12,14,24H,13H2,1-2H3,(H,31,33)/b27-23-. The van der Waals surface area contributed by atoms with Crippen LogP contribution < -0.4 is 15.0 Å². The van der Waals surface area contributed by atoms with Crippen LogP contribution in [0.2, 0.25) is 10.0 Å². The number of carbonyl (C=O) groups is 2. The molecule has 1 fully saturated rings. The number of thioether (sulfide) groups is 1. The summed E-state index contributed by atoms with van der Waals surface area (Å²) in [5, 5.41) is 13.3. The number of amides is 2. The van der Waals surface area contributed by atoms with Gasteiger partial charge in [-0.15, -0.1) is 0 Å². The molecular formula is C27H21Cl2N3O3S. The SMILES string of the molecule is COc1ccc(N2C(=O)C(Cc3cc(Cl)cc(Cl)c3)S/C2=C(/C#N)C(=O)Nc2ccc(C)cc2)cc1. The van der Waals surface area contributed by atoms with Crippen molar-refractivity contribution in [2.24, 2.45) is 0 Å². The van der Waals surface area contributed by atoms with Gasteiger partial charge < -0.3 is 10.1 Å². The van der Waals surface area contributed by atoms with Crippen LogP contribution in [0.4, 0.5) is 11.4 Å². The summed E-state index contributed by atoms with van der Waals surface area (Å²) in [6, 6.07) is 21.2. The number of benzene rings is 3. The Hall–Kier alpha value is -3.44. The van der Waals surface area contributed by atoms with Gasteiger partial charge in [-0.25, -0.2) is 0 Å². The van der Waals surface area contributed by atoms with Gasteiger partial charge in [-0.2, -0.15) is 5.26 Å². The highest BCUT2D eigenvalue weighted by atomic mass is 35.5. The summed E-state index contributed by atoms with van der Waals surface area (Å²) in [6.07, 6.45) is 0.318. The van der Waals surface area contributed by atoms with Gasteiger partial charge in [0.2, 0.25) is 5.91 Å². The van der Waals surface area contributed by atoms with E-state index in [9.17, 15) is 14.9 Å². The number of carbonyl (C=O) groups excluding carboxylic acids is 2. The van der Waals surface area contributed by atoms with Crippen LogP contribution in [0.5, 0.6) is 5.75 Å². The molecule has 0 radical (unpaired) electrons. The van der Waals surface area contributed by atoms with Crippen LogP contribution >= 0.6 is 35.0 Å². The minimum Gasteiger partial charge on any atom is -0.497 e. The number of methoxy groups -OCH3 is 1. The van der Waals surface area contributed by atoms with Crippen LogP contribution in [-0.2, 0) is 16.0 Å².